The van der Waals surface area contributed by atoms with Gasteiger partial charge in [-0.25, -0.2) is 4.98 Å². The van der Waals surface area contributed by atoms with Crippen LogP contribution in [-0.2, 0) is 4.79 Å². The normalized spacial score (nSPS) is 11.1. The lowest BCUT2D eigenvalue weighted by Crippen LogP contribution is -2.23. The number of hydrogen-bond acceptors (Lipinski definition) is 4. The SMILES string of the molecule is Cc1c(Cl)cccc1-n1c(SCC(=O)Nc2ccc3ccccc3c2)nc2ccccc2c1=O. The minimum atomic E-state index is -0.201. The monoisotopic (exact) mass is 485 g/mol. The van der Waals surface area contributed by atoms with Gasteiger partial charge < -0.3 is 5.32 Å². The van der Waals surface area contributed by atoms with Crippen molar-refractivity contribution < 1.29 is 4.79 Å². The first kappa shape index (κ1) is 22.2. The molecule has 1 N–H and O–H groups in total. The Kier molecular flexibility index (Phi) is 6.09. The number of rotatable bonds is 5. The van der Waals surface area contributed by atoms with E-state index in [4.69, 9.17) is 16.6 Å². The average Bonchev–Trinajstić information content (AvgIpc) is 2.85. The summed E-state index contributed by atoms with van der Waals surface area (Å²) in [5.41, 5.74) is 2.52. The molecule has 7 heteroatoms. The lowest BCUT2D eigenvalue weighted by Gasteiger charge is -2.16. The number of halogens is 1. The van der Waals surface area contributed by atoms with E-state index in [1.165, 1.54) is 16.3 Å². The Labute approximate surface area is 205 Å². The summed E-state index contributed by atoms with van der Waals surface area (Å²) in [5.74, 6) is -0.0888. The van der Waals surface area contributed by atoms with Crippen molar-refractivity contribution in [2.45, 2.75) is 12.1 Å². The molecule has 1 amide bonds. The molecule has 0 aliphatic rings. The van der Waals surface area contributed by atoms with Gasteiger partial charge in [0.1, 0.15) is 0 Å². The third-order valence-electron chi connectivity index (χ3n) is 5.59. The predicted octanol–water partition coefficient (Wildman–Crippen LogP) is 6.23. The Morgan fingerprint density at radius 2 is 1.74 bits per heavy atom. The summed E-state index contributed by atoms with van der Waals surface area (Å²) in [6.45, 7) is 1.86. The van der Waals surface area contributed by atoms with Crippen molar-refractivity contribution in [3.8, 4) is 5.69 Å². The fourth-order valence-corrected chi connectivity index (χ4v) is 4.83. The van der Waals surface area contributed by atoms with Gasteiger partial charge in [0.15, 0.2) is 5.16 Å². The lowest BCUT2D eigenvalue weighted by molar-refractivity contribution is -0.113. The summed E-state index contributed by atoms with van der Waals surface area (Å²) in [6, 6.07) is 26.4. The van der Waals surface area contributed by atoms with Crippen LogP contribution in [-0.4, -0.2) is 21.2 Å². The van der Waals surface area contributed by atoms with Crippen LogP contribution in [0.15, 0.2) is 94.9 Å². The van der Waals surface area contributed by atoms with Crippen molar-refractivity contribution in [3.05, 3.63) is 106 Å². The number of nitrogens with one attached hydrogen (secondary N) is 1. The number of aromatic nitrogens is 2. The van der Waals surface area contributed by atoms with E-state index in [2.05, 4.69) is 5.32 Å². The first-order valence-corrected chi connectivity index (χ1v) is 12.1. The third-order valence-corrected chi connectivity index (χ3v) is 6.94. The molecule has 0 radical (unpaired) electrons. The van der Waals surface area contributed by atoms with Crippen molar-refractivity contribution in [2.24, 2.45) is 0 Å². The molecule has 0 saturated carbocycles. The lowest BCUT2D eigenvalue weighted by atomic mass is 10.1. The molecule has 5 aromatic rings. The summed E-state index contributed by atoms with van der Waals surface area (Å²) in [6.07, 6.45) is 0. The molecule has 5 nitrogen and oxygen atoms in total. The van der Waals surface area contributed by atoms with E-state index in [1.807, 2.05) is 67.6 Å². The highest BCUT2D eigenvalue weighted by molar-refractivity contribution is 7.99. The predicted molar refractivity (Wildman–Crippen MR) is 140 cm³/mol. The molecular weight excluding hydrogens is 466 g/mol. The fourth-order valence-electron chi connectivity index (χ4n) is 3.85. The van der Waals surface area contributed by atoms with Gasteiger partial charge in [0.25, 0.3) is 5.56 Å². The molecule has 0 atom stereocenters. The minimum absolute atomic E-state index is 0.0945. The van der Waals surface area contributed by atoms with E-state index in [9.17, 15) is 9.59 Å². The van der Waals surface area contributed by atoms with Crippen molar-refractivity contribution in [3.63, 3.8) is 0 Å². The number of para-hydroxylation sites is 1. The fraction of sp³-hybridized carbons (Fsp3) is 0.0741. The Morgan fingerprint density at radius 3 is 2.59 bits per heavy atom. The van der Waals surface area contributed by atoms with E-state index < -0.39 is 0 Å². The highest BCUT2D eigenvalue weighted by Crippen LogP contribution is 2.27. The van der Waals surface area contributed by atoms with Crippen LogP contribution in [0.25, 0.3) is 27.4 Å². The highest BCUT2D eigenvalue weighted by atomic mass is 35.5. The van der Waals surface area contributed by atoms with Gasteiger partial charge in [-0.2, -0.15) is 0 Å². The van der Waals surface area contributed by atoms with E-state index in [0.717, 1.165) is 22.0 Å². The van der Waals surface area contributed by atoms with Gasteiger partial charge in [-0.1, -0.05) is 71.9 Å². The van der Waals surface area contributed by atoms with Crippen LogP contribution in [0.1, 0.15) is 5.56 Å². The molecule has 0 bridgehead atoms. The van der Waals surface area contributed by atoms with Crippen molar-refractivity contribution in [2.75, 3.05) is 11.1 Å². The van der Waals surface area contributed by atoms with Crippen LogP contribution in [0.3, 0.4) is 0 Å². The number of nitrogens with zero attached hydrogens (tertiary/aromatic N) is 2. The number of carbonyl (C=O) groups excluding carboxylic acids is 1. The van der Waals surface area contributed by atoms with Gasteiger partial charge in [-0.3, -0.25) is 14.2 Å². The van der Waals surface area contributed by atoms with Crippen molar-refractivity contribution in [1.29, 1.82) is 0 Å². The van der Waals surface area contributed by atoms with Gasteiger partial charge in [-0.05, 0) is 59.7 Å². The second-order valence-corrected chi connectivity index (χ2v) is 9.18. The van der Waals surface area contributed by atoms with E-state index in [0.29, 0.717) is 26.8 Å². The third kappa shape index (κ3) is 4.30. The van der Waals surface area contributed by atoms with Gasteiger partial charge in [0.05, 0.1) is 22.3 Å². The van der Waals surface area contributed by atoms with Crippen molar-refractivity contribution in [1.82, 2.24) is 9.55 Å². The number of benzene rings is 4. The molecule has 1 aromatic heterocycles. The molecule has 168 valence electrons. The van der Waals surface area contributed by atoms with Crippen LogP contribution in [0.4, 0.5) is 5.69 Å². The Morgan fingerprint density at radius 1 is 0.971 bits per heavy atom. The van der Waals surface area contributed by atoms with E-state index >= 15 is 0 Å². The smallest absolute Gasteiger partial charge is 0.266 e. The van der Waals surface area contributed by atoms with Gasteiger partial charge in [0, 0.05) is 10.7 Å². The van der Waals surface area contributed by atoms with Crippen LogP contribution < -0.4 is 10.9 Å². The maximum atomic E-state index is 13.4. The maximum Gasteiger partial charge on any atom is 0.266 e. The molecule has 5 rings (SSSR count). The van der Waals surface area contributed by atoms with Crippen LogP contribution >= 0.6 is 23.4 Å². The summed E-state index contributed by atoms with van der Waals surface area (Å²) in [4.78, 5) is 30.9. The second-order valence-electron chi connectivity index (χ2n) is 7.83. The number of anilines is 1. The van der Waals surface area contributed by atoms with Crippen LogP contribution in [0.5, 0.6) is 0 Å². The largest absolute Gasteiger partial charge is 0.325 e. The minimum Gasteiger partial charge on any atom is -0.325 e. The molecule has 4 aromatic carbocycles. The summed E-state index contributed by atoms with van der Waals surface area (Å²) < 4.78 is 1.54. The van der Waals surface area contributed by atoms with Crippen molar-refractivity contribution >= 4 is 56.6 Å². The molecule has 1 heterocycles. The zero-order valence-corrected chi connectivity index (χ0v) is 19.9. The summed E-state index contributed by atoms with van der Waals surface area (Å²) in [7, 11) is 0. The topological polar surface area (TPSA) is 64.0 Å². The number of fused-ring (bicyclic) bond motifs is 2. The summed E-state index contributed by atoms with van der Waals surface area (Å²) in [5, 5.41) is 6.60. The molecule has 0 spiro atoms. The number of carbonyl (C=O) groups is 1. The number of amides is 1. The van der Waals surface area contributed by atoms with Crippen LogP contribution in [0, 0.1) is 6.92 Å². The van der Waals surface area contributed by atoms with Gasteiger partial charge in [0.2, 0.25) is 5.91 Å². The molecule has 0 saturated heterocycles. The van der Waals surface area contributed by atoms with Gasteiger partial charge >= 0.3 is 0 Å². The Balaban J connectivity index is 1.47. The molecule has 0 aliphatic heterocycles. The molecule has 0 aliphatic carbocycles. The molecule has 0 unspecified atom stereocenters. The number of thioether (sulfide) groups is 1. The van der Waals surface area contributed by atoms with Crippen LogP contribution in [0.2, 0.25) is 5.02 Å². The standard InChI is InChI=1S/C27H20ClN3O2S/c1-17-22(28)10-6-12-24(17)31-26(33)21-9-4-5-11-23(21)30-27(31)34-16-25(32)29-20-14-13-18-7-2-3-8-19(18)15-20/h2-15H,16H2,1H3,(H,29,32). The first-order chi connectivity index (χ1) is 16.5. The van der Waals surface area contributed by atoms with E-state index in [1.54, 1.807) is 24.3 Å². The molecule has 0 fully saturated rings. The quantitative estimate of drug-likeness (QED) is 0.237. The number of hydrogen-bond donors (Lipinski definition) is 1. The first-order valence-electron chi connectivity index (χ1n) is 10.7. The Hall–Kier alpha value is -3.61. The molecule has 34 heavy (non-hydrogen) atoms. The maximum absolute atomic E-state index is 13.4. The highest BCUT2D eigenvalue weighted by Gasteiger charge is 2.17. The van der Waals surface area contributed by atoms with Gasteiger partial charge in [-0.15, -0.1) is 0 Å². The average molecular weight is 486 g/mol. The van der Waals surface area contributed by atoms with E-state index in [-0.39, 0.29) is 17.2 Å². The zero-order chi connectivity index (χ0) is 23.7. The Bertz CT molecular complexity index is 1610. The second kappa shape index (κ2) is 9.33. The zero-order valence-electron chi connectivity index (χ0n) is 18.3. The molecular formula is C27H20ClN3O2S. The summed E-state index contributed by atoms with van der Waals surface area (Å²) >= 11 is 7.55.